The maximum atomic E-state index is 4.15. The second kappa shape index (κ2) is 5.65. The molecule has 1 N–H and O–H groups in total. The third-order valence-electron chi connectivity index (χ3n) is 3.47. The van der Waals surface area contributed by atoms with Crippen LogP contribution in [0.3, 0.4) is 0 Å². The monoisotopic (exact) mass is 307 g/mol. The molecule has 0 fully saturated rings. The van der Waals surface area contributed by atoms with Crippen molar-refractivity contribution >= 4 is 15.9 Å². The molecule has 0 saturated carbocycles. The molecule has 0 saturated heterocycles. The zero-order valence-corrected chi connectivity index (χ0v) is 12.6. The highest BCUT2D eigenvalue weighted by atomic mass is 79.9. The molecular weight excluding hydrogens is 290 g/mol. The van der Waals surface area contributed by atoms with Gasteiger partial charge in [0.15, 0.2) is 0 Å². The third kappa shape index (κ3) is 2.80. The lowest BCUT2D eigenvalue weighted by molar-refractivity contribution is 0.644. The minimum atomic E-state index is 0.476. The van der Waals surface area contributed by atoms with Gasteiger partial charge in [-0.1, -0.05) is 28.9 Å². The second-order valence-corrected chi connectivity index (χ2v) is 5.58. The standard InChI is InChI=1S/C14H18BrN3/c1-4-11(7-12-8-16-18-17-12)13-5-9(2)10(3)6-14(13)15/h5-6,8,11H,4,7H2,1-3H3,(H,16,17,18). The third-order valence-corrected chi connectivity index (χ3v) is 4.15. The van der Waals surface area contributed by atoms with Crippen molar-refractivity contribution in [1.82, 2.24) is 15.4 Å². The van der Waals surface area contributed by atoms with Gasteiger partial charge in [0.1, 0.15) is 0 Å². The summed E-state index contributed by atoms with van der Waals surface area (Å²) in [6.45, 7) is 6.52. The van der Waals surface area contributed by atoms with Crippen LogP contribution >= 0.6 is 15.9 Å². The van der Waals surface area contributed by atoms with Gasteiger partial charge >= 0.3 is 0 Å². The molecule has 3 nitrogen and oxygen atoms in total. The molecule has 18 heavy (non-hydrogen) atoms. The van der Waals surface area contributed by atoms with Crippen molar-refractivity contribution in [2.75, 3.05) is 0 Å². The lowest BCUT2D eigenvalue weighted by Gasteiger charge is -2.17. The van der Waals surface area contributed by atoms with Gasteiger partial charge in [-0.3, -0.25) is 0 Å². The number of halogens is 1. The lowest BCUT2D eigenvalue weighted by Crippen LogP contribution is -2.04. The first-order chi connectivity index (χ1) is 8.61. The smallest absolute Gasteiger partial charge is 0.0830 e. The van der Waals surface area contributed by atoms with Gasteiger partial charge in [-0.25, -0.2) is 0 Å². The van der Waals surface area contributed by atoms with E-state index < -0.39 is 0 Å². The zero-order valence-electron chi connectivity index (χ0n) is 11.0. The highest BCUT2D eigenvalue weighted by Gasteiger charge is 2.15. The molecule has 1 aromatic heterocycles. The van der Waals surface area contributed by atoms with Crippen molar-refractivity contribution in [2.24, 2.45) is 0 Å². The van der Waals surface area contributed by atoms with E-state index in [1.807, 2.05) is 0 Å². The summed E-state index contributed by atoms with van der Waals surface area (Å²) in [6.07, 6.45) is 3.82. The van der Waals surface area contributed by atoms with E-state index >= 15 is 0 Å². The molecule has 0 aliphatic heterocycles. The molecule has 1 heterocycles. The van der Waals surface area contributed by atoms with Crippen LogP contribution in [0.15, 0.2) is 22.8 Å². The number of hydrogen-bond acceptors (Lipinski definition) is 2. The Hall–Kier alpha value is -1.16. The molecule has 0 aliphatic carbocycles. The van der Waals surface area contributed by atoms with E-state index in [9.17, 15) is 0 Å². The van der Waals surface area contributed by atoms with Crippen molar-refractivity contribution in [3.05, 3.63) is 45.2 Å². The fraction of sp³-hybridized carbons (Fsp3) is 0.429. The summed E-state index contributed by atoms with van der Waals surface area (Å²) in [5.74, 6) is 0.476. The zero-order chi connectivity index (χ0) is 13.1. The fourth-order valence-electron chi connectivity index (χ4n) is 2.17. The van der Waals surface area contributed by atoms with Crippen LogP contribution in [0.1, 0.15) is 41.6 Å². The molecule has 0 amide bonds. The molecule has 1 atom stereocenters. The average Bonchev–Trinajstić information content (AvgIpc) is 2.84. The van der Waals surface area contributed by atoms with E-state index in [2.05, 4.69) is 64.2 Å². The number of hydrogen-bond donors (Lipinski definition) is 1. The maximum absolute atomic E-state index is 4.15. The summed E-state index contributed by atoms with van der Waals surface area (Å²) in [4.78, 5) is 0. The van der Waals surface area contributed by atoms with Crippen LogP contribution in [0, 0.1) is 13.8 Å². The van der Waals surface area contributed by atoms with Crippen LogP contribution in [-0.4, -0.2) is 15.4 Å². The number of aryl methyl sites for hydroxylation is 2. The highest BCUT2D eigenvalue weighted by molar-refractivity contribution is 9.10. The van der Waals surface area contributed by atoms with Gasteiger partial charge < -0.3 is 0 Å². The molecule has 0 spiro atoms. The summed E-state index contributed by atoms with van der Waals surface area (Å²) in [5, 5.41) is 10.7. The van der Waals surface area contributed by atoms with Crippen LogP contribution in [0.2, 0.25) is 0 Å². The topological polar surface area (TPSA) is 41.6 Å². The van der Waals surface area contributed by atoms with E-state index in [1.165, 1.54) is 21.2 Å². The Labute approximate surface area is 116 Å². The summed E-state index contributed by atoms with van der Waals surface area (Å²) < 4.78 is 1.20. The van der Waals surface area contributed by atoms with Crippen molar-refractivity contribution in [2.45, 2.75) is 39.5 Å². The molecule has 1 unspecified atom stereocenters. The van der Waals surface area contributed by atoms with Crippen molar-refractivity contribution in [1.29, 1.82) is 0 Å². The average molecular weight is 308 g/mol. The van der Waals surface area contributed by atoms with Crippen LogP contribution < -0.4 is 0 Å². The minimum Gasteiger partial charge on any atom is -0.198 e. The van der Waals surface area contributed by atoms with Gasteiger partial charge in [0.05, 0.1) is 11.9 Å². The fourth-order valence-corrected chi connectivity index (χ4v) is 2.95. The van der Waals surface area contributed by atoms with E-state index in [0.29, 0.717) is 5.92 Å². The molecular formula is C14H18BrN3. The molecule has 4 heteroatoms. The molecule has 96 valence electrons. The number of benzene rings is 1. The maximum Gasteiger partial charge on any atom is 0.0830 e. The summed E-state index contributed by atoms with van der Waals surface area (Å²) in [7, 11) is 0. The second-order valence-electron chi connectivity index (χ2n) is 4.73. The minimum absolute atomic E-state index is 0.476. The van der Waals surface area contributed by atoms with Crippen molar-refractivity contribution < 1.29 is 0 Å². The molecule has 0 aliphatic rings. The quantitative estimate of drug-likeness (QED) is 0.930. The lowest BCUT2D eigenvalue weighted by atomic mass is 9.90. The van der Waals surface area contributed by atoms with E-state index in [1.54, 1.807) is 6.20 Å². The Morgan fingerprint density at radius 2 is 2.00 bits per heavy atom. The number of nitrogens with zero attached hydrogens (tertiary/aromatic N) is 2. The first-order valence-electron chi connectivity index (χ1n) is 6.23. The summed E-state index contributed by atoms with van der Waals surface area (Å²) >= 11 is 3.68. The van der Waals surface area contributed by atoms with Crippen LogP contribution in [0.25, 0.3) is 0 Å². The van der Waals surface area contributed by atoms with Crippen LogP contribution in [0.5, 0.6) is 0 Å². The van der Waals surface area contributed by atoms with E-state index in [4.69, 9.17) is 0 Å². The number of rotatable bonds is 4. The SMILES string of the molecule is CCC(Cc1cn[nH]n1)c1cc(C)c(C)cc1Br. The van der Waals surface area contributed by atoms with Gasteiger partial charge in [0.25, 0.3) is 0 Å². The van der Waals surface area contributed by atoms with Gasteiger partial charge in [-0.15, -0.1) is 0 Å². The predicted octanol–water partition coefficient (Wildman–Crippen LogP) is 3.92. The van der Waals surface area contributed by atoms with E-state index in [-0.39, 0.29) is 0 Å². The Bertz CT molecular complexity index is 520. The highest BCUT2D eigenvalue weighted by Crippen LogP contribution is 2.32. The Morgan fingerprint density at radius 1 is 1.28 bits per heavy atom. The van der Waals surface area contributed by atoms with Crippen molar-refractivity contribution in [3.8, 4) is 0 Å². The van der Waals surface area contributed by atoms with Gasteiger partial charge in [0, 0.05) is 10.9 Å². The van der Waals surface area contributed by atoms with Gasteiger partial charge in [-0.2, -0.15) is 15.4 Å². The van der Waals surface area contributed by atoms with Crippen molar-refractivity contribution in [3.63, 3.8) is 0 Å². The first-order valence-corrected chi connectivity index (χ1v) is 7.02. The van der Waals surface area contributed by atoms with Gasteiger partial charge in [-0.05, 0) is 48.9 Å². The molecule has 0 radical (unpaired) electrons. The molecule has 0 bridgehead atoms. The van der Waals surface area contributed by atoms with Crippen LogP contribution in [0.4, 0.5) is 0 Å². The number of aromatic amines is 1. The Balaban J connectivity index is 2.30. The molecule has 2 rings (SSSR count). The van der Waals surface area contributed by atoms with E-state index in [0.717, 1.165) is 18.5 Å². The number of nitrogens with one attached hydrogen (secondary N) is 1. The summed E-state index contributed by atoms with van der Waals surface area (Å²) in [6, 6.07) is 4.49. The Kier molecular flexibility index (Phi) is 4.17. The number of H-pyrrole nitrogens is 1. The predicted molar refractivity (Wildman–Crippen MR) is 76.7 cm³/mol. The summed E-state index contributed by atoms with van der Waals surface area (Å²) in [5.41, 5.74) is 5.05. The van der Waals surface area contributed by atoms with Crippen LogP contribution in [-0.2, 0) is 6.42 Å². The first kappa shape index (κ1) is 13.3. The largest absolute Gasteiger partial charge is 0.198 e. The Morgan fingerprint density at radius 3 is 2.61 bits per heavy atom. The molecule has 2 aromatic rings. The van der Waals surface area contributed by atoms with Gasteiger partial charge in [0.2, 0.25) is 0 Å². The number of aromatic nitrogens is 3. The molecule has 1 aromatic carbocycles. The normalized spacial score (nSPS) is 12.7.